The molecule has 0 N–H and O–H groups in total. The highest BCUT2D eigenvalue weighted by Gasteiger charge is 2.14. The molecule has 2 aromatic rings. The lowest BCUT2D eigenvalue weighted by Gasteiger charge is -2.15. The summed E-state index contributed by atoms with van der Waals surface area (Å²) in [5, 5.41) is -0.121. The lowest BCUT2D eigenvalue weighted by molar-refractivity contribution is 0.202. The first-order valence-electron chi connectivity index (χ1n) is 6.60. The first-order valence-corrected chi connectivity index (χ1v) is 7.83. The molecule has 0 saturated heterocycles. The van der Waals surface area contributed by atoms with Crippen LogP contribution in [0.4, 0.5) is 0 Å². The Bertz CT molecular complexity index is 566. The van der Waals surface area contributed by atoms with Crippen molar-refractivity contribution in [3.8, 4) is 0 Å². The molecule has 0 aliphatic rings. The predicted octanol–water partition coefficient (Wildman–Crippen LogP) is 5.27. The van der Waals surface area contributed by atoms with Crippen molar-refractivity contribution < 1.29 is 4.74 Å². The predicted molar refractivity (Wildman–Crippen MR) is 88.6 cm³/mol. The van der Waals surface area contributed by atoms with Crippen molar-refractivity contribution in [3.05, 3.63) is 69.2 Å². The fourth-order valence-electron chi connectivity index (χ4n) is 2.15. The van der Waals surface area contributed by atoms with Gasteiger partial charge in [0, 0.05) is 11.6 Å². The second kappa shape index (κ2) is 7.26. The summed E-state index contributed by atoms with van der Waals surface area (Å²) in [6.45, 7) is 2.83. The smallest absolute Gasteiger partial charge is 0.0838 e. The van der Waals surface area contributed by atoms with Gasteiger partial charge in [0.2, 0.25) is 0 Å². The van der Waals surface area contributed by atoms with Crippen molar-refractivity contribution in [2.24, 2.45) is 0 Å². The Morgan fingerprint density at radius 2 is 1.85 bits per heavy atom. The molecular weight excluding hydrogens is 336 g/mol. The monoisotopic (exact) mass is 352 g/mol. The lowest BCUT2D eigenvalue weighted by Crippen LogP contribution is -1.98. The molecule has 0 aliphatic heterocycles. The summed E-state index contributed by atoms with van der Waals surface area (Å²) in [6, 6.07) is 14.6. The van der Waals surface area contributed by atoms with Crippen LogP contribution in [-0.2, 0) is 11.2 Å². The molecule has 1 nitrogen and oxygen atoms in total. The Labute approximate surface area is 134 Å². The third-order valence-corrected chi connectivity index (χ3v) is 4.80. The van der Waals surface area contributed by atoms with E-state index in [2.05, 4.69) is 53.2 Å². The Balaban J connectivity index is 2.20. The van der Waals surface area contributed by atoms with Gasteiger partial charge in [-0.1, -0.05) is 52.3 Å². The molecule has 0 bridgehead atoms. The molecule has 0 fully saturated rings. The van der Waals surface area contributed by atoms with Crippen molar-refractivity contribution >= 4 is 27.5 Å². The van der Waals surface area contributed by atoms with Gasteiger partial charge in [0.1, 0.15) is 0 Å². The molecule has 106 valence electrons. The molecule has 0 saturated carbocycles. The molecule has 0 spiro atoms. The van der Waals surface area contributed by atoms with Crippen LogP contribution in [0.3, 0.4) is 0 Å². The number of hydrogen-bond donors (Lipinski definition) is 0. The Morgan fingerprint density at radius 1 is 1.15 bits per heavy atom. The van der Waals surface area contributed by atoms with E-state index in [0.717, 1.165) is 28.6 Å². The quantitative estimate of drug-likeness (QED) is 0.665. The van der Waals surface area contributed by atoms with Gasteiger partial charge in [-0.2, -0.15) is 0 Å². The summed E-state index contributed by atoms with van der Waals surface area (Å²) < 4.78 is 6.19. The van der Waals surface area contributed by atoms with Crippen LogP contribution in [0.5, 0.6) is 0 Å². The molecule has 0 heterocycles. The summed E-state index contributed by atoms with van der Waals surface area (Å²) in [5.41, 5.74) is 4.72. The van der Waals surface area contributed by atoms with Crippen molar-refractivity contribution in [2.45, 2.75) is 18.7 Å². The van der Waals surface area contributed by atoms with Crippen molar-refractivity contribution in [3.63, 3.8) is 0 Å². The number of ether oxygens (including phenoxy) is 1. The molecule has 20 heavy (non-hydrogen) atoms. The molecule has 0 amide bonds. The Hall–Kier alpha value is -0.830. The van der Waals surface area contributed by atoms with Gasteiger partial charge in [0.05, 0.1) is 12.0 Å². The largest absolute Gasteiger partial charge is 0.384 e. The van der Waals surface area contributed by atoms with E-state index in [4.69, 9.17) is 16.3 Å². The van der Waals surface area contributed by atoms with Gasteiger partial charge in [0.15, 0.2) is 0 Å². The highest BCUT2D eigenvalue weighted by atomic mass is 79.9. The molecule has 2 aromatic carbocycles. The molecule has 1 unspecified atom stereocenters. The number of benzene rings is 2. The average Bonchev–Trinajstić information content (AvgIpc) is 2.48. The van der Waals surface area contributed by atoms with E-state index in [-0.39, 0.29) is 5.38 Å². The summed E-state index contributed by atoms with van der Waals surface area (Å²) in [7, 11) is 1.72. The zero-order valence-corrected chi connectivity index (χ0v) is 14.0. The highest BCUT2D eigenvalue weighted by Crippen LogP contribution is 2.33. The molecular formula is C17H18BrClO. The minimum absolute atomic E-state index is 0.121. The van der Waals surface area contributed by atoms with E-state index in [9.17, 15) is 0 Å². The SMILES string of the molecule is COCCc1ccc(C(Cl)c2cccc(Br)c2C)cc1. The van der Waals surface area contributed by atoms with Crippen LogP contribution in [0.1, 0.15) is 27.6 Å². The lowest BCUT2D eigenvalue weighted by atomic mass is 9.99. The summed E-state index contributed by atoms with van der Waals surface area (Å²) in [4.78, 5) is 0. The number of halogens is 2. The van der Waals surface area contributed by atoms with Crippen LogP contribution in [0.2, 0.25) is 0 Å². The molecule has 0 radical (unpaired) electrons. The maximum Gasteiger partial charge on any atom is 0.0838 e. The zero-order chi connectivity index (χ0) is 14.5. The van der Waals surface area contributed by atoms with Crippen molar-refractivity contribution in [2.75, 3.05) is 13.7 Å². The van der Waals surface area contributed by atoms with E-state index in [1.54, 1.807) is 7.11 Å². The van der Waals surface area contributed by atoms with Gasteiger partial charge in [-0.05, 0) is 41.7 Å². The second-order valence-corrected chi connectivity index (χ2v) is 6.09. The van der Waals surface area contributed by atoms with Crippen LogP contribution in [-0.4, -0.2) is 13.7 Å². The number of alkyl halides is 1. The van der Waals surface area contributed by atoms with Crippen LogP contribution < -0.4 is 0 Å². The number of rotatable bonds is 5. The molecule has 3 heteroatoms. The van der Waals surface area contributed by atoms with E-state index in [1.165, 1.54) is 11.1 Å². The first-order chi connectivity index (χ1) is 9.63. The van der Waals surface area contributed by atoms with Gasteiger partial charge in [0.25, 0.3) is 0 Å². The summed E-state index contributed by atoms with van der Waals surface area (Å²) >= 11 is 10.2. The van der Waals surface area contributed by atoms with Gasteiger partial charge >= 0.3 is 0 Å². The molecule has 1 atom stereocenters. The number of methoxy groups -OCH3 is 1. The van der Waals surface area contributed by atoms with Gasteiger partial charge in [-0.15, -0.1) is 11.6 Å². The standard InChI is InChI=1S/C17H18BrClO/c1-12-15(4-3-5-16(12)18)17(19)14-8-6-13(7-9-14)10-11-20-2/h3-9,17H,10-11H2,1-2H3. The summed E-state index contributed by atoms with van der Waals surface area (Å²) in [5.74, 6) is 0. The molecule has 2 rings (SSSR count). The Kier molecular flexibility index (Phi) is 5.64. The fourth-order valence-corrected chi connectivity index (χ4v) is 2.91. The van der Waals surface area contributed by atoms with E-state index in [1.807, 2.05) is 12.1 Å². The van der Waals surface area contributed by atoms with Crippen LogP contribution in [0, 0.1) is 6.92 Å². The zero-order valence-electron chi connectivity index (χ0n) is 11.7. The topological polar surface area (TPSA) is 9.23 Å². The fraction of sp³-hybridized carbons (Fsp3) is 0.294. The third kappa shape index (κ3) is 3.63. The molecule has 0 aliphatic carbocycles. The maximum atomic E-state index is 6.62. The maximum absolute atomic E-state index is 6.62. The first kappa shape index (κ1) is 15.6. The van der Waals surface area contributed by atoms with E-state index < -0.39 is 0 Å². The van der Waals surface area contributed by atoms with Gasteiger partial charge < -0.3 is 4.74 Å². The van der Waals surface area contributed by atoms with Crippen LogP contribution in [0.25, 0.3) is 0 Å². The van der Waals surface area contributed by atoms with E-state index in [0.29, 0.717) is 0 Å². The normalized spacial score (nSPS) is 12.4. The Morgan fingerprint density at radius 3 is 2.50 bits per heavy atom. The van der Waals surface area contributed by atoms with Gasteiger partial charge in [-0.25, -0.2) is 0 Å². The van der Waals surface area contributed by atoms with Crippen molar-refractivity contribution in [1.82, 2.24) is 0 Å². The molecule has 0 aromatic heterocycles. The minimum atomic E-state index is -0.121. The third-order valence-electron chi connectivity index (χ3n) is 3.45. The minimum Gasteiger partial charge on any atom is -0.384 e. The van der Waals surface area contributed by atoms with E-state index >= 15 is 0 Å². The van der Waals surface area contributed by atoms with Crippen LogP contribution >= 0.6 is 27.5 Å². The highest BCUT2D eigenvalue weighted by molar-refractivity contribution is 9.10. The summed E-state index contributed by atoms with van der Waals surface area (Å²) in [6.07, 6.45) is 0.930. The van der Waals surface area contributed by atoms with Gasteiger partial charge in [-0.3, -0.25) is 0 Å². The average molecular weight is 354 g/mol. The second-order valence-electron chi connectivity index (χ2n) is 4.80. The van der Waals surface area contributed by atoms with Crippen molar-refractivity contribution in [1.29, 1.82) is 0 Å². The number of hydrogen-bond acceptors (Lipinski definition) is 1. The van der Waals surface area contributed by atoms with Crippen LogP contribution in [0.15, 0.2) is 46.9 Å².